The molecule has 0 aliphatic carbocycles. The van der Waals surface area contributed by atoms with Gasteiger partial charge in [-0.05, 0) is 0 Å². The van der Waals surface area contributed by atoms with Gasteiger partial charge in [0.2, 0.25) is 0 Å². The van der Waals surface area contributed by atoms with Gasteiger partial charge in [-0.2, -0.15) is 0 Å². The second-order valence-corrected chi connectivity index (χ2v) is 10.1. The van der Waals surface area contributed by atoms with E-state index in [2.05, 4.69) is 13.8 Å². The number of unbranched alkanes of at least 4 members (excludes halogenated alkanes) is 10. The summed E-state index contributed by atoms with van der Waals surface area (Å²) in [7, 11) is 0. The van der Waals surface area contributed by atoms with Crippen LogP contribution in [0, 0.1) is 0 Å². The van der Waals surface area contributed by atoms with Crippen LogP contribution in [0.5, 0.6) is 0 Å². The van der Waals surface area contributed by atoms with Crippen LogP contribution >= 0.6 is 0 Å². The predicted molar refractivity (Wildman–Crippen MR) is 96.8 cm³/mol. The molecule has 0 rings (SSSR count). The van der Waals surface area contributed by atoms with Crippen molar-refractivity contribution in [2.24, 2.45) is 0 Å². The van der Waals surface area contributed by atoms with E-state index in [1.807, 2.05) is 0 Å². The minimum atomic E-state index is -1.19. The van der Waals surface area contributed by atoms with Gasteiger partial charge in [0.05, 0.1) is 0 Å². The number of rotatable bonds is 15. The SMILES string of the molecule is CCCCCCC[CH2][Sn][CH2]CCCCCCC.O=C(O)CO. The molecule has 0 aromatic carbocycles. The molecule has 0 aromatic heterocycles. The Morgan fingerprint density at radius 1 is 0.727 bits per heavy atom. The van der Waals surface area contributed by atoms with Crippen LogP contribution in [0.1, 0.15) is 90.9 Å². The summed E-state index contributed by atoms with van der Waals surface area (Å²) in [6.45, 7) is 3.82. The van der Waals surface area contributed by atoms with Gasteiger partial charge < -0.3 is 10.2 Å². The summed E-state index contributed by atoms with van der Waals surface area (Å²) < 4.78 is 3.31. The Morgan fingerprint density at radius 3 is 1.36 bits per heavy atom. The normalized spacial score (nSPS) is 10.1. The fourth-order valence-electron chi connectivity index (χ4n) is 2.19. The first kappa shape index (κ1) is 24.5. The van der Waals surface area contributed by atoms with Crippen LogP contribution in [-0.4, -0.2) is 43.9 Å². The van der Waals surface area contributed by atoms with Gasteiger partial charge in [-0.15, -0.1) is 0 Å². The van der Waals surface area contributed by atoms with Crippen LogP contribution in [0.25, 0.3) is 0 Å². The monoisotopic (exact) mass is 422 g/mol. The Bertz CT molecular complexity index is 197. The summed E-state index contributed by atoms with van der Waals surface area (Å²) >= 11 is 0.0736. The molecule has 0 saturated carbocycles. The van der Waals surface area contributed by atoms with E-state index in [0.717, 1.165) is 0 Å². The van der Waals surface area contributed by atoms with Crippen molar-refractivity contribution in [1.29, 1.82) is 0 Å². The maximum Gasteiger partial charge on any atom is 0.329 e. The van der Waals surface area contributed by atoms with Crippen molar-refractivity contribution in [2.45, 2.75) is 99.8 Å². The number of carboxylic acids is 1. The summed E-state index contributed by atoms with van der Waals surface area (Å²) in [6, 6.07) is 0. The van der Waals surface area contributed by atoms with Gasteiger partial charge in [0.25, 0.3) is 0 Å². The molecule has 2 N–H and O–H groups in total. The Morgan fingerprint density at radius 2 is 1.05 bits per heavy atom. The summed E-state index contributed by atoms with van der Waals surface area (Å²) in [6.07, 6.45) is 17.8. The van der Waals surface area contributed by atoms with Gasteiger partial charge in [-0.1, -0.05) is 0 Å². The fourth-order valence-corrected chi connectivity index (χ4v) is 5.75. The Labute approximate surface area is 148 Å². The maximum atomic E-state index is 9.12. The van der Waals surface area contributed by atoms with Gasteiger partial charge in [-0.25, -0.2) is 4.79 Å². The Hall–Kier alpha value is 0.229. The van der Waals surface area contributed by atoms with E-state index >= 15 is 0 Å². The van der Waals surface area contributed by atoms with Gasteiger partial charge >= 0.3 is 127 Å². The smallest absolute Gasteiger partial charge is 0.329 e. The fraction of sp³-hybridized carbons (Fsp3) is 0.944. The van der Waals surface area contributed by atoms with Crippen LogP contribution in [0.15, 0.2) is 0 Å². The van der Waals surface area contributed by atoms with E-state index in [1.54, 1.807) is 21.7 Å². The molecule has 0 aromatic rings. The zero-order valence-corrected chi connectivity index (χ0v) is 17.8. The molecule has 0 bridgehead atoms. The van der Waals surface area contributed by atoms with Crippen molar-refractivity contribution in [2.75, 3.05) is 6.61 Å². The van der Waals surface area contributed by atoms with Crippen LogP contribution in [-0.2, 0) is 4.79 Å². The topological polar surface area (TPSA) is 57.5 Å². The van der Waals surface area contributed by atoms with Crippen LogP contribution in [0.2, 0.25) is 8.87 Å². The van der Waals surface area contributed by atoms with Crippen LogP contribution < -0.4 is 0 Å². The molecule has 0 atom stereocenters. The molecule has 0 saturated heterocycles. The molecule has 0 amide bonds. The largest absolute Gasteiger partial charge is 0.480 e. The molecular formula is C18H38O3Sn. The molecular weight excluding hydrogens is 383 g/mol. The summed E-state index contributed by atoms with van der Waals surface area (Å²) in [5.74, 6) is -1.19. The Balaban J connectivity index is 0. The first-order chi connectivity index (χ1) is 10.7. The zero-order valence-electron chi connectivity index (χ0n) is 14.9. The van der Waals surface area contributed by atoms with Crippen molar-refractivity contribution in [3.05, 3.63) is 0 Å². The molecule has 4 heteroatoms. The number of carbonyl (C=O) groups is 1. The van der Waals surface area contributed by atoms with Crippen molar-refractivity contribution in [3.8, 4) is 0 Å². The summed E-state index contributed by atoms with van der Waals surface area (Å²) in [5.41, 5.74) is 0. The van der Waals surface area contributed by atoms with Crippen molar-refractivity contribution >= 4 is 27.1 Å². The quantitative estimate of drug-likeness (QED) is 0.278. The maximum absolute atomic E-state index is 9.12. The third-order valence-corrected chi connectivity index (χ3v) is 7.59. The second-order valence-electron chi connectivity index (χ2n) is 5.84. The molecule has 0 spiro atoms. The molecule has 0 fully saturated rings. The van der Waals surface area contributed by atoms with E-state index in [1.165, 1.54) is 64.2 Å². The van der Waals surface area contributed by atoms with E-state index in [-0.39, 0.29) is 21.1 Å². The molecule has 0 heterocycles. The molecule has 0 unspecified atom stereocenters. The number of aliphatic hydroxyl groups is 1. The number of carboxylic acid groups (broad SMARTS) is 1. The average Bonchev–Trinajstić information content (AvgIpc) is 2.52. The number of hydrogen-bond acceptors (Lipinski definition) is 2. The van der Waals surface area contributed by atoms with E-state index < -0.39 is 12.6 Å². The minimum Gasteiger partial charge on any atom is -0.480 e. The molecule has 0 aliphatic rings. The minimum absolute atomic E-state index is 0.0736. The van der Waals surface area contributed by atoms with E-state index in [4.69, 9.17) is 15.0 Å². The standard InChI is InChI=1S/2C8H17.C2H4O3.Sn/c2*1-3-5-7-8-6-4-2;3-1-2(4)5;/h2*1,3-8H2,2H3;3H,1H2,(H,4,5);. The van der Waals surface area contributed by atoms with Crippen LogP contribution in [0.4, 0.5) is 0 Å². The number of hydrogen-bond donors (Lipinski definition) is 2. The molecule has 0 aliphatic heterocycles. The first-order valence-corrected chi connectivity index (χ1v) is 13.3. The molecule has 3 nitrogen and oxygen atoms in total. The van der Waals surface area contributed by atoms with Gasteiger partial charge in [0.1, 0.15) is 6.61 Å². The number of aliphatic hydroxyl groups excluding tert-OH is 1. The first-order valence-electron chi connectivity index (χ1n) is 9.22. The second kappa shape index (κ2) is 23.5. The van der Waals surface area contributed by atoms with Crippen LogP contribution in [0.3, 0.4) is 0 Å². The molecule has 2 radical (unpaired) electrons. The zero-order chi connectivity index (χ0) is 16.9. The third kappa shape index (κ3) is 28.4. The van der Waals surface area contributed by atoms with Crippen molar-refractivity contribution in [1.82, 2.24) is 0 Å². The molecule has 22 heavy (non-hydrogen) atoms. The van der Waals surface area contributed by atoms with Gasteiger partial charge in [0, 0.05) is 0 Å². The van der Waals surface area contributed by atoms with E-state index in [0.29, 0.717) is 0 Å². The molecule has 132 valence electrons. The average molecular weight is 421 g/mol. The van der Waals surface area contributed by atoms with Crippen molar-refractivity contribution in [3.63, 3.8) is 0 Å². The van der Waals surface area contributed by atoms with E-state index in [9.17, 15) is 0 Å². The Kier molecular flexibility index (Phi) is 26.1. The van der Waals surface area contributed by atoms with Gasteiger partial charge in [-0.3, -0.25) is 0 Å². The predicted octanol–water partition coefficient (Wildman–Crippen LogP) is 5.31. The summed E-state index contributed by atoms with van der Waals surface area (Å²) in [4.78, 5) is 9.12. The summed E-state index contributed by atoms with van der Waals surface area (Å²) in [5, 5.41) is 15.0. The van der Waals surface area contributed by atoms with Gasteiger partial charge in [0.15, 0.2) is 0 Å². The van der Waals surface area contributed by atoms with Crippen molar-refractivity contribution < 1.29 is 15.0 Å². The number of aliphatic carboxylic acids is 1. The third-order valence-electron chi connectivity index (χ3n) is 3.55.